The number of benzene rings is 1. The summed E-state index contributed by atoms with van der Waals surface area (Å²) in [5.74, 6) is -0.498. The standard InChI is InChI=1S/C18H18F3N3O/c19-18(20,21)13-4-3-7-15(9-13)24-17(25)12-8-16(11-22-10-12)23-14-5-1-2-6-14/h3-4,7-11,14,23H,1-2,5-6H2,(H,24,25). The van der Waals surface area contributed by atoms with Crippen LogP contribution in [0.3, 0.4) is 0 Å². The van der Waals surface area contributed by atoms with Gasteiger partial charge in [-0.3, -0.25) is 9.78 Å². The van der Waals surface area contributed by atoms with Crippen molar-refractivity contribution in [1.29, 1.82) is 0 Å². The molecule has 1 heterocycles. The van der Waals surface area contributed by atoms with Gasteiger partial charge >= 0.3 is 6.18 Å². The number of carbonyl (C=O) groups excluding carboxylic acids is 1. The highest BCUT2D eigenvalue weighted by Gasteiger charge is 2.30. The topological polar surface area (TPSA) is 54.0 Å². The molecule has 1 aromatic heterocycles. The Balaban J connectivity index is 1.71. The summed E-state index contributed by atoms with van der Waals surface area (Å²) >= 11 is 0. The van der Waals surface area contributed by atoms with E-state index < -0.39 is 17.6 Å². The number of nitrogens with one attached hydrogen (secondary N) is 2. The molecule has 1 saturated carbocycles. The summed E-state index contributed by atoms with van der Waals surface area (Å²) in [6.45, 7) is 0. The first-order valence-corrected chi connectivity index (χ1v) is 8.12. The summed E-state index contributed by atoms with van der Waals surface area (Å²) in [5, 5.41) is 5.82. The molecule has 25 heavy (non-hydrogen) atoms. The minimum absolute atomic E-state index is 0.0916. The Morgan fingerprint density at radius 3 is 2.56 bits per heavy atom. The van der Waals surface area contributed by atoms with Crippen molar-refractivity contribution in [3.8, 4) is 0 Å². The molecule has 1 amide bonds. The fraction of sp³-hybridized carbons (Fsp3) is 0.333. The minimum atomic E-state index is -4.45. The molecular formula is C18H18F3N3O. The number of aromatic nitrogens is 1. The van der Waals surface area contributed by atoms with Gasteiger partial charge in [-0.25, -0.2) is 0 Å². The normalized spacial score (nSPS) is 15.2. The van der Waals surface area contributed by atoms with E-state index >= 15 is 0 Å². The molecule has 132 valence electrons. The van der Waals surface area contributed by atoms with E-state index in [4.69, 9.17) is 0 Å². The van der Waals surface area contributed by atoms with Crippen LogP contribution in [0.25, 0.3) is 0 Å². The number of halogens is 3. The molecule has 2 aromatic rings. The van der Waals surface area contributed by atoms with Crippen molar-refractivity contribution >= 4 is 17.3 Å². The van der Waals surface area contributed by atoms with Gasteiger partial charge in [0.25, 0.3) is 5.91 Å². The largest absolute Gasteiger partial charge is 0.416 e. The highest BCUT2D eigenvalue weighted by atomic mass is 19.4. The SMILES string of the molecule is O=C(Nc1cccc(C(F)(F)F)c1)c1cncc(NC2CCCC2)c1. The van der Waals surface area contributed by atoms with Gasteiger partial charge in [0.15, 0.2) is 0 Å². The molecule has 0 bridgehead atoms. The second-order valence-electron chi connectivity index (χ2n) is 6.12. The Kier molecular flexibility index (Phi) is 4.92. The lowest BCUT2D eigenvalue weighted by atomic mass is 10.1. The van der Waals surface area contributed by atoms with E-state index in [0.29, 0.717) is 11.6 Å². The maximum Gasteiger partial charge on any atom is 0.416 e. The van der Waals surface area contributed by atoms with Gasteiger partial charge in [0, 0.05) is 24.1 Å². The minimum Gasteiger partial charge on any atom is -0.381 e. The summed E-state index contributed by atoms with van der Waals surface area (Å²) in [7, 11) is 0. The van der Waals surface area contributed by atoms with E-state index in [1.807, 2.05) is 0 Å². The van der Waals surface area contributed by atoms with Crippen LogP contribution in [0.2, 0.25) is 0 Å². The average Bonchev–Trinajstić information content (AvgIpc) is 3.07. The number of pyridine rings is 1. The van der Waals surface area contributed by atoms with Gasteiger partial charge in [-0.1, -0.05) is 18.9 Å². The Bertz CT molecular complexity index is 755. The summed E-state index contributed by atoms with van der Waals surface area (Å²) in [6.07, 6.45) is 3.11. The van der Waals surface area contributed by atoms with Gasteiger partial charge in [0.1, 0.15) is 0 Å². The third-order valence-corrected chi connectivity index (χ3v) is 4.17. The van der Waals surface area contributed by atoms with E-state index in [2.05, 4.69) is 15.6 Å². The molecule has 1 fully saturated rings. The second-order valence-corrected chi connectivity index (χ2v) is 6.12. The summed E-state index contributed by atoms with van der Waals surface area (Å²) < 4.78 is 38.2. The van der Waals surface area contributed by atoms with Gasteiger partial charge in [-0.05, 0) is 37.1 Å². The fourth-order valence-electron chi connectivity index (χ4n) is 2.93. The molecule has 1 aliphatic rings. The number of carbonyl (C=O) groups is 1. The van der Waals surface area contributed by atoms with E-state index in [-0.39, 0.29) is 5.69 Å². The fourth-order valence-corrected chi connectivity index (χ4v) is 2.93. The molecule has 0 aliphatic heterocycles. The van der Waals surface area contributed by atoms with Gasteiger partial charge in [-0.2, -0.15) is 13.2 Å². The first-order valence-electron chi connectivity index (χ1n) is 8.12. The Morgan fingerprint density at radius 1 is 1.08 bits per heavy atom. The number of hydrogen-bond acceptors (Lipinski definition) is 3. The predicted octanol–water partition coefficient (Wildman–Crippen LogP) is 4.71. The van der Waals surface area contributed by atoms with Crippen LogP contribution < -0.4 is 10.6 Å². The third kappa shape index (κ3) is 4.49. The second kappa shape index (κ2) is 7.13. The van der Waals surface area contributed by atoms with Gasteiger partial charge in [0.2, 0.25) is 0 Å². The third-order valence-electron chi connectivity index (χ3n) is 4.17. The highest BCUT2D eigenvalue weighted by Crippen LogP contribution is 2.30. The summed E-state index contributed by atoms with van der Waals surface area (Å²) in [5.41, 5.74) is 0.318. The summed E-state index contributed by atoms with van der Waals surface area (Å²) in [6, 6.07) is 6.59. The number of amides is 1. The van der Waals surface area contributed by atoms with Crippen LogP contribution in [0.1, 0.15) is 41.6 Å². The lowest BCUT2D eigenvalue weighted by Gasteiger charge is -2.14. The van der Waals surface area contributed by atoms with Crippen molar-refractivity contribution in [3.05, 3.63) is 53.9 Å². The molecule has 7 heteroatoms. The molecule has 0 saturated heterocycles. The highest BCUT2D eigenvalue weighted by molar-refractivity contribution is 6.04. The quantitative estimate of drug-likeness (QED) is 0.841. The number of rotatable bonds is 4. The molecule has 0 spiro atoms. The molecule has 0 atom stereocenters. The summed E-state index contributed by atoms with van der Waals surface area (Å²) in [4.78, 5) is 16.3. The van der Waals surface area contributed by atoms with Gasteiger partial charge < -0.3 is 10.6 Å². The van der Waals surface area contributed by atoms with Crippen molar-refractivity contribution in [3.63, 3.8) is 0 Å². The first kappa shape index (κ1) is 17.3. The zero-order valence-corrected chi connectivity index (χ0v) is 13.4. The van der Waals surface area contributed by atoms with Crippen molar-refractivity contribution < 1.29 is 18.0 Å². The molecule has 1 aliphatic carbocycles. The monoisotopic (exact) mass is 349 g/mol. The molecule has 0 unspecified atom stereocenters. The van der Waals surface area contributed by atoms with Crippen LogP contribution in [0.15, 0.2) is 42.7 Å². The Hall–Kier alpha value is -2.57. The average molecular weight is 349 g/mol. The predicted molar refractivity (Wildman–Crippen MR) is 89.5 cm³/mol. The van der Waals surface area contributed by atoms with Crippen molar-refractivity contribution in [2.24, 2.45) is 0 Å². The molecule has 2 N–H and O–H groups in total. The van der Waals surface area contributed by atoms with E-state index in [0.717, 1.165) is 30.7 Å². The zero-order valence-electron chi connectivity index (χ0n) is 13.4. The molecule has 3 rings (SSSR count). The zero-order chi connectivity index (χ0) is 17.9. The number of hydrogen-bond donors (Lipinski definition) is 2. The van der Waals surface area contributed by atoms with Crippen LogP contribution in [0.5, 0.6) is 0 Å². The number of alkyl halides is 3. The van der Waals surface area contributed by atoms with Crippen LogP contribution in [-0.2, 0) is 6.18 Å². The van der Waals surface area contributed by atoms with Gasteiger partial charge in [0.05, 0.1) is 16.8 Å². The smallest absolute Gasteiger partial charge is 0.381 e. The van der Waals surface area contributed by atoms with Gasteiger partial charge in [-0.15, -0.1) is 0 Å². The lowest BCUT2D eigenvalue weighted by Crippen LogP contribution is -2.17. The maximum absolute atomic E-state index is 12.7. The number of anilines is 2. The van der Waals surface area contributed by atoms with Crippen molar-refractivity contribution in [2.75, 3.05) is 10.6 Å². The number of nitrogens with zero attached hydrogens (tertiary/aromatic N) is 1. The van der Waals surface area contributed by atoms with E-state index in [1.165, 1.54) is 31.2 Å². The lowest BCUT2D eigenvalue weighted by molar-refractivity contribution is -0.137. The first-order chi connectivity index (χ1) is 11.9. The van der Waals surface area contributed by atoms with Crippen LogP contribution in [-0.4, -0.2) is 16.9 Å². The molecule has 4 nitrogen and oxygen atoms in total. The van der Waals surface area contributed by atoms with Crippen LogP contribution in [0.4, 0.5) is 24.5 Å². The Morgan fingerprint density at radius 2 is 1.84 bits per heavy atom. The van der Waals surface area contributed by atoms with E-state index in [1.54, 1.807) is 12.3 Å². The molecule has 0 radical (unpaired) electrons. The van der Waals surface area contributed by atoms with Crippen molar-refractivity contribution in [2.45, 2.75) is 37.9 Å². The Labute approximate surface area is 143 Å². The maximum atomic E-state index is 12.7. The van der Waals surface area contributed by atoms with Crippen molar-refractivity contribution in [1.82, 2.24) is 4.98 Å². The van der Waals surface area contributed by atoms with Crippen LogP contribution in [0, 0.1) is 0 Å². The molecular weight excluding hydrogens is 331 g/mol. The van der Waals surface area contributed by atoms with Crippen LogP contribution >= 0.6 is 0 Å². The van der Waals surface area contributed by atoms with E-state index in [9.17, 15) is 18.0 Å². The molecule has 1 aromatic carbocycles.